The second-order valence-electron chi connectivity index (χ2n) is 5.24. The van der Waals surface area contributed by atoms with Crippen LogP contribution in [0.2, 0.25) is 0 Å². The summed E-state index contributed by atoms with van der Waals surface area (Å²) >= 11 is 0. The summed E-state index contributed by atoms with van der Waals surface area (Å²) in [5, 5.41) is 14.5. The molecule has 0 aromatic carbocycles. The minimum absolute atomic E-state index is 0.286. The molecule has 0 aliphatic carbocycles. The molecule has 2 aromatic heterocycles. The fraction of sp³-hybridized carbons (Fsp3) is 0.400. The van der Waals surface area contributed by atoms with Gasteiger partial charge >= 0.3 is 0 Å². The number of aliphatic hydroxyl groups is 1. The first-order valence-corrected chi connectivity index (χ1v) is 6.69. The number of ether oxygens (including phenoxy) is 1. The number of hydrogen-bond acceptors (Lipinski definition) is 5. The van der Waals surface area contributed by atoms with Crippen LogP contribution in [0.1, 0.15) is 19.4 Å². The highest BCUT2D eigenvalue weighted by atomic mass is 16.5. The summed E-state index contributed by atoms with van der Waals surface area (Å²) < 4.78 is 6.30. The molecule has 2 heterocycles. The monoisotopic (exact) mass is 289 g/mol. The summed E-state index contributed by atoms with van der Waals surface area (Å²) in [5.41, 5.74) is -0.0932. The Morgan fingerprint density at radius 2 is 2.10 bits per heavy atom. The van der Waals surface area contributed by atoms with Crippen LogP contribution in [0.15, 0.2) is 35.3 Å². The Hall–Kier alpha value is -2.05. The van der Waals surface area contributed by atoms with Crippen molar-refractivity contribution in [2.75, 3.05) is 13.7 Å². The molecule has 0 fully saturated rings. The lowest BCUT2D eigenvalue weighted by atomic mass is 9.99. The Balaban J connectivity index is 2.59. The third kappa shape index (κ3) is 3.53. The third-order valence-corrected chi connectivity index (χ3v) is 3.07. The molecule has 2 rings (SSSR count). The topological polar surface area (TPSA) is 77.2 Å². The van der Waals surface area contributed by atoms with Gasteiger partial charge in [0, 0.05) is 13.3 Å². The Labute approximate surface area is 123 Å². The van der Waals surface area contributed by atoms with Crippen LogP contribution in [-0.2, 0) is 16.9 Å². The number of hydrogen-bond donors (Lipinski definition) is 1. The molecule has 21 heavy (non-hydrogen) atoms. The van der Waals surface area contributed by atoms with Crippen molar-refractivity contribution in [1.29, 1.82) is 0 Å². The van der Waals surface area contributed by atoms with Crippen molar-refractivity contribution in [2.45, 2.75) is 26.0 Å². The van der Waals surface area contributed by atoms with E-state index in [2.05, 4.69) is 10.1 Å². The van der Waals surface area contributed by atoms with Crippen molar-refractivity contribution in [1.82, 2.24) is 14.8 Å². The van der Waals surface area contributed by atoms with Gasteiger partial charge in [0.25, 0.3) is 5.56 Å². The highest BCUT2D eigenvalue weighted by Crippen LogP contribution is 2.20. The second-order valence-corrected chi connectivity index (χ2v) is 5.24. The van der Waals surface area contributed by atoms with Crippen molar-refractivity contribution in [3.05, 3.63) is 46.4 Å². The highest BCUT2D eigenvalue weighted by molar-refractivity contribution is 5.54. The van der Waals surface area contributed by atoms with Crippen molar-refractivity contribution in [3.8, 4) is 11.4 Å². The first-order valence-electron chi connectivity index (χ1n) is 6.69. The Kier molecular flexibility index (Phi) is 4.50. The van der Waals surface area contributed by atoms with E-state index in [-0.39, 0.29) is 11.1 Å². The fourth-order valence-corrected chi connectivity index (χ4v) is 1.95. The molecule has 0 spiro atoms. The van der Waals surface area contributed by atoms with Crippen LogP contribution in [0.4, 0.5) is 0 Å². The predicted molar refractivity (Wildman–Crippen MR) is 78.8 cm³/mol. The molecule has 0 unspecified atom stereocenters. The third-order valence-electron chi connectivity index (χ3n) is 3.07. The van der Waals surface area contributed by atoms with Crippen molar-refractivity contribution >= 4 is 0 Å². The van der Waals surface area contributed by atoms with Crippen LogP contribution in [0.25, 0.3) is 11.4 Å². The zero-order chi connectivity index (χ0) is 15.5. The van der Waals surface area contributed by atoms with Crippen molar-refractivity contribution in [3.63, 3.8) is 0 Å². The summed E-state index contributed by atoms with van der Waals surface area (Å²) in [7, 11) is 1.56. The molecule has 0 amide bonds. The number of nitrogens with zero attached hydrogens (tertiary/aromatic N) is 3. The molecule has 0 atom stereocenters. The van der Waals surface area contributed by atoms with Crippen LogP contribution >= 0.6 is 0 Å². The molecule has 0 aliphatic heterocycles. The zero-order valence-corrected chi connectivity index (χ0v) is 12.4. The number of aromatic nitrogens is 3. The van der Waals surface area contributed by atoms with E-state index in [0.29, 0.717) is 24.5 Å². The van der Waals surface area contributed by atoms with Crippen LogP contribution < -0.4 is 5.56 Å². The van der Waals surface area contributed by atoms with E-state index in [4.69, 9.17) is 4.74 Å². The lowest BCUT2D eigenvalue weighted by Crippen LogP contribution is -2.34. The van der Waals surface area contributed by atoms with E-state index >= 15 is 0 Å². The summed E-state index contributed by atoms with van der Waals surface area (Å²) in [4.78, 5) is 16.6. The quantitative estimate of drug-likeness (QED) is 0.894. The maximum Gasteiger partial charge on any atom is 0.272 e. The van der Waals surface area contributed by atoms with Gasteiger partial charge in [-0.05, 0) is 32.0 Å². The number of pyridine rings is 1. The molecule has 0 saturated heterocycles. The average Bonchev–Trinajstić information content (AvgIpc) is 2.46. The second kappa shape index (κ2) is 6.15. The lowest BCUT2D eigenvalue weighted by Gasteiger charge is -2.19. The van der Waals surface area contributed by atoms with Gasteiger partial charge in [0.1, 0.15) is 5.69 Å². The molecule has 0 bridgehead atoms. The van der Waals surface area contributed by atoms with E-state index in [1.54, 1.807) is 39.3 Å². The number of methoxy groups -OCH3 is 1. The van der Waals surface area contributed by atoms with Gasteiger partial charge in [-0.25, -0.2) is 4.68 Å². The average molecular weight is 289 g/mol. The Bertz CT molecular complexity index is 660. The Morgan fingerprint density at radius 3 is 2.67 bits per heavy atom. The molecule has 112 valence electrons. The molecule has 0 aliphatic rings. The largest absolute Gasteiger partial charge is 0.386 e. The van der Waals surface area contributed by atoms with Gasteiger partial charge in [0.05, 0.1) is 30.0 Å². The minimum atomic E-state index is -1.25. The minimum Gasteiger partial charge on any atom is -0.386 e. The Morgan fingerprint density at radius 1 is 1.33 bits per heavy atom. The van der Waals surface area contributed by atoms with Gasteiger partial charge in [-0.15, -0.1) is 0 Å². The van der Waals surface area contributed by atoms with Crippen molar-refractivity contribution < 1.29 is 9.84 Å². The summed E-state index contributed by atoms with van der Waals surface area (Å²) in [5.74, 6) is 0. The van der Waals surface area contributed by atoms with Crippen LogP contribution in [0.5, 0.6) is 0 Å². The van der Waals surface area contributed by atoms with Crippen molar-refractivity contribution in [2.24, 2.45) is 0 Å². The first-order chi connectivity index (χ1) is 9.93. The van der Waals surface area contributed by atoms with Crippen LogP contribution in [0, 0.1) is 0 Å². The standard InChI is InChI=1S/C15H19N3O3/c1-15(2,20)11-10-13(12-6-4-5-7-16-12)17-18(14(11)19)8-9-21-3/h4-7,10,20H,8-9H2,1-3H3. The van der Waals surface area contributed by atoms with E-state index in [1.165, 1.54) is 4.68 Å². The molecule has 1 N–H and O–H groups in total. The van der Waals surface area contributed by atoms with Gasteiger partial charge in [-0.2, -0.15) is 5.10 Å². The zero-order valence-electron chi connectivity index (χ0n) is 12.4. The molecule has 0 saturated carbocycles. The summed E-state index contributed by atoms with van der Waals surface area (Å²) in [6, 6.07) is 7.05. The predicted octanol–water partition coefficient (Wildman–Crippen LogP) is 1.18. The SMILES string of the molecule is COCCn1nc(-c2ccccn2)cc(C(C)(C)O)c1=O. The number of rotatable bonds is 5. The summed E-state index contributed by atoms with van der Waals surface area (Å²) in [6.07, 6.45) is 1.66. The molecular weight excluding hydrogens is 270 g/mol. The maximum atomic E-state index is 12.4. The molecular formula is C15H19N3O3. The van der Waals surface area contributed by atoms with Gasteiger partial charge in [-0.1, -0.05) is 6.07 Å². The molecule has 2 aromatic rings. The van der Waals surface area contributed by atoms with E-state index < -0.39 is 5.60 Å². The van der Waals surface area contributed by atoms with Crippen LogP contribution in [0.3, 0.4) is 0 Å². The molecule has 0 radical (unpaired) electrons. The molecule has 6 heteroatoms. The first kappa shape index (κ1) is 15.3. The highest BCUT2D eigenvalue weighted by Gasteiger charge is 2.23. The fourth-order valence-electron chi connectivity index (χ4n) is 1.95. The lowest BCUT2D eigenvalue weighted by molar-refractivity contribution is 0.0758. The smallest absolute Gasteiger partial charge is 0.272 e. The van der Waals surface area contributed by atoms with E-state index in [1.807, 2.05) is 12.1 Å². The van der Waals surface area contributed by atoms with E-state index in [0.717, 1.165) is 0 Å². The van der Waals surface area contributed by atoms with E-state index in [9.17, 15) is 9.90 Å². The van der Waals surface area contributed by atoms with Gasteiger partial charge < -0.3 is 9.84 Å². The van der Waals surface area contributed by atoms with Gasteiger partial charge in [0.2, 0.25) is 0 Å². The van der Waals surface area contributed by atoms with Crippen LogP contribution in [-0.4, -0.2) is 33.6 Å². The summed E-state index contributed by atoms with van der Waals surface area (Å²) in [6.45, 7) is 3.84. The normalized spacial score (nSPS) is 11.6. The molecule has 6 nitrogen and oxygen atoms in total. The maximum absolute atomic E-state index is 12.4. The van der Waals surface area contributed by atoms with Gasteiger partial charge in [0.15, 0.2) is 0 Å². The van der Waals surface area contributed by atoms with Gasteiger partial charge in [-0.3, -0.25) is 9.78 Å².